The van der Waals surface area contributed by atoms with Crippen LogP contribution in [-0.2, 0) is 0 Å². The predicted molar refractivity (Wildman–Crippen MR) is 120 cm³/mol. The summed E-state index contributed by atoms with van der Waals surface area (Å²) < 4.78 is 6.29. The molecule has 1 fully saturated rings. The Kier molecular flexibility index (Phi) is 6.18. The van der Waals surface area contributed by atoms with Gasteiger partial charge in [0.1, 0.15) is 11.8 Å². The highest BCUT2D eigenvalue weighted by Gasteiger charge is 2.41. The first-order valence-electron chi connectivity index (χ1n) is 9.57. The highest BCUT2D eigenvalue weighted by Crippen LogP contribution is 2.40. The highest BCUT2D eigenvalue weighted by molar-refractivity contribution is 7.99. The minimum Gasteiger partial charge on any atom is -0.452 e. The molecule has 1 aliphatic rings. The molecule has 0 unspecified atom stereocenters. The van der Waals surface area contributed by atoms with Crippen LogP contribution in [0, 0.1) is 0 Å². The van der Waals surface area contributed by atoms with Gasteiger partial charge in [0.25, 0.3) is 0 Å². The largest absolute Gasteiger partial charge is 0.452 e. The van der Waals surface area contributed by atoms with Crippen molar-refractivity contribution in [3.63, 3.8) is 0 Å². The summed E-state index contributed by atoms with van der Waals surface area (Å²) in [7, 11) is 4.14. The second kappa shape index (κ2) is 8.98. The summed E-state index contributed by atoms with van der Waals surface area (Å²) in [6.45, 7) is 1.72. The van der Waals surface area contributed by atoms with Crippen molar-refractivity contribution >= 4 is 29.1 Å². The number of hydrogen-bond acceptors (Lipinski definition) is 5. The number of hydrogen-bond donors (Lipinski definition) is 1. The molecule has 1 saturated heterocycles. The van der Waals surface area contributed by atoms with Crippen molar-refractivity contribution in [2.75, 3.05) is 27.2 Å². The summed E-state index contributed by atoms with van der Waals surface area (Å²) in [5.74, 6) is 0.894. The average molecular weight is 425 g/mol. The van der Waals surface area contributed by atoms with Crippen molar-refractivity contribution in [3.05, 3.63) is 78.3 Å². The summed E-state index contributed by atoms with van der Waals surface area (Å²) in [4.78, 5) is 10.1. The maximum Gasteiger partial charge on any atom is 0.170 e. The average Bonchev–Trinajstić information content (AvgIpc) is 3.31. The number of pyridine rings is 1. The predicted octanol–water partition coefficient (Wildman–Crippen LogP) is 4.36. The first-order chi connectivity index (χ1) is 14.1. The normalized spacial score (nSPS) is 19.0. The lowest BCUT2D eigenvalue weighted by Crippen LogP contribution is -2.35. The van der Waals surface area contributed by atoms with Gasteiger partial charge >= 0.3 is 0 Å². The smallest absolute Gasteiger partial charge is 0.170 e. The zero-order chi connectivity index (χ0) is 20.2. The lowest BCUT2D eigenvalue weighted by molar-refractivity contribution is 0.239. The van der Waals surface area contributed by atoms with Crippen molar-refractivity contribution in [1.82, 2.24) is 20.1 Å². The number of rotatable bonds is 7. The van der Waals surface area contributed by atoms with Gasteiger partial charge in [-0.05, 0) is 62.7 Å². The van der Waals surface area contributed by atoms with Gasteiger partial charge in [-0.15, -0.1) is 0 Å². The Balaban J connectivity index is 1.63. The molecule has 0 saturated carbocycles. The van der Waals surface area contributed by atoms with Gasteiger partial charge in [0.05, 0.1) is 11.7 Å². The van der Waals surface area contributed by atoms with Crippen LogP contribution in [0.3, 0.4) is 0 Å². The summed E-state index contributed by atoms with van der Waals surface area (Å²) in [6, 6.07) is 20.2. The van der Waals surface area contributed by atoms with Crippen LogP contribution >= 0.6 is 24.0 Å². The van der Waals surface area contributed by atoms with Gasteiger partial charge in [-0.3, -0.25) is 4.98 Å². The maximum atomic E-state index is 6.29. The third-order valence-corrected chi connectivity index (χ3v) is 6.12. The van der Waals surface area contributed by atoms with Crippen LogP contribution in [0.4, 0.5) is 0 Å². The quantitative estimate of drug-likeness (QED) is 0.565. The molecule has 1 aliphatic heterocycles. The molecule has 5 nitrogen and oxygen atoms in total. The van der Waals surface area contributed by atoms with Crippen molar-refractivity contribution < 1.29 is 4.42 Å². The molecule has 0 aliphatic carbocycles. The van der Waals surface area contributed by atoms with Crippen LogP contribution in [0.5, 0.6) is 0 Å². The Morgan fingerprint density at radius 1 is 1.10 bits per heavy atom. The molecule has 0 bridgehead atoms. The molecule has 2 atom stereocenters. The van der Waals surface area contributed by atoms with E-state index in [9.17, 15) is 0 Å². The minimum atomic E-state index is -0.0495. The van der Waals surface area contributed by atoms with E-state index in [0.29, 0.717) is 0 Å². The van der Waals surface area contributed by atoms with Gasteiger partial charge < -0.3 is 19.5 Å². The summed E-state index contributed by atoms with van der Waals surface area (Å²) in [5, 5.41) is 5.07. The first kappa shape index (κ1) is 19.9. The van der Waals surface area contributed by atoms with Crippen molar-refractivity contribution in [2.24, 2.45) is 0 Å². The number of benzene rings is 1. The SMILES string of the molecule is CN(C)CCN1C(=S)N[C@H](c2ccccn2)[C@@H]1c1ccc(Sc2ccccc2)o1. The molecule has 3 aromatic rings. The number of nitrogens with one attached hydrogen (secondary N) is 1. The van der Waals surface area contributed by atoms with Gasteiger partial charge in [-0.1, -0.05) is 36.0 Å². The van der Waals surface area contributed by atoms with E-state index in [4.69, 9.17) is 16.6 Å². The van der Waals surface area contributed by atoms with Crippen LogP contribution in [0.2, 0.25) is 0 Å². The Morgan fingerprint density at radius 3 is 2.62 bits per heavy atom. The van der Waals surface area contributed by atoms with Gasteiger partial charge in [0.15, 0.2) is 10.2 Å². The van der Waals surface area contributed by atoms with E-state index in [1.165, 1.54) is 0 Å². The number of aromatic nitrogens is 1. The molecule has 150 valence electrons. The number of thiocarbonyl (C=S) groups is 1. The molecule has 1 aromatic carbocycles. The second-order valence-corrected chi connectivity index (χ2v) is 8.66. The van der Waals surface area contributed by atoms with E-state index in [2.05, 4.69) is 52.4 Å². The molecule has 0 amide bonds. The van der Waals surface area contributed by atoms with E-state index in [0.717, 1.165) is 39.6 Å². The van der Waals surface area contributed by atoms with E-state index >= 15 is 0 Å². The minimum absolute atomic E-state index is 0.0394. The fourth-order valence-electron chi connectivity index (χ4n) is 3.42. The zero-order valence-electron chi connectivity index (χ0n) is 16.5. The fourth-order valence-corrected chi connectivity index (χ4v) is 4.55. The number of likely N-dealkylation sites (N-methyl/N-ethyl adjacent to an activating group) is 1. The Hall–Kier alpha value is -2.35. The lowest BCUT2D eigenvalue weighted by atomic mass is 10.0. The molecule has 0 radical (unpaired) electrons. The fraction of sp³-hybridized carbons (Fsp3) is 0.273. The number of nitrogens with zero attached hydrogens (tertiary/aromatic N) is 3. The molecule has 29 heavy (non-hydrogen) atoms. The van der Waals surface area contributed by atoms with E-state index < -0.39 is 0 Å². The third kappa shape index (κ3) is 4.63. The van der Waals surface area contributed by atoms with Crippen LogP contribution in [0.1, 0.15) is 23.5 Å². The molecule has 2 aromatic heterocycles. The van der Waals surface area contributed by atoms with Gasteiger partial charge in [-0.25, -0.2) is 0 Å². The third-order valence-electron chi connectivity index (χ3n) is 4.84. The molecule has 7 heteroatoms. The topological polar surface area (TPSA) is 44.5 Å². The van der Waals surface area contributed by atoms with Crippen LogP contribution in [-0.4, -0.2) is 47.1 Å². The maximum absolute atomic E-state index is 6.29. The lowest BCUT2D eigenvalue weighted by Gasteiger charge is -2.27. The van der Waals surface area contributed by atoms with Gasteiger partial charge in [-0.2, -0.15) is 0 Å². The summed E-state index contributed by atoms with van der Waals surface area (Å²) in [5.41, 5.74) is 0.959. The molecular formula is C22H24N4OS2. The standard InChI is InChI=1S/C22H24N4OS2/c1-25(2)14-15-26-21(20(24-22(26)28)17-10-6-7-13-23-17)18-11-12-19(27-18)29-16-8-4-3-5-9-16/h3-13,20-21H,14-15H2,1-2H3,(H,24,28)/t20-,21+/m1/s1. The second-order valence-electron chi connectivity index (χ2n) is 7.20. The molecular weight excluding hydrogens is 400 g/mol. The zero-order valence-corrected chi connectivity index (χ0v) is 18.1. The Labute approximate surface area is 181 Å². The van der Waals surface area contributed by atoms with Gasteiger partial charge in [0, 0.05) is 24.2 Å². The summed E-state index contributed by atoms with van der Waals surface area (Å²) >= 11 is 7.30. The van der Waals surface area contributed by atoms with Crippen LogP contribution in [0.25, 0.3) is 0 Å². The van der Waals surface area contributed by atoms with E-state index in [1.807, 2.05) is 48.7 Å². The van der Waals surface area contributed by atoms with Crippen LogP contribution < -0.4 is 5.32 Å². The first-order valence-corrected chi connectivity index (χ1v) is 10.8. The monoisotopic (exact) mass is 424 g/mol. The Morgan fingerprint density at radius 2 is 1.90 bits per heavy atom. The van der Waals surface area contributed by atoms with E-state index in [-0.39, 0.29) is 12.1 Å². The summed E-state index contributed by atoms with van der Waals surface area (Å²) in [6.07, 6.45) is 1.82. The van der Waals surface area contributed by atoms with Crippen molar-refractivity contribution in [3.8, 4) is 0 Å². The van der Waals surface area contributed by atoms with Gasteiger partial charge in [0.2, 0.25) is 0 Å². The van der Waals surface area contributed by atoms with Crippen LogP contribution in [0.15, 0.2) is 81.3 Å². The molecule has 1 N–H and O–H groups in total. The number of furan rings is 1. The Bertz CT molecular complexity index is 946. The molecule has 0 spiro atoms. The molecule has 4 rings (SSSR count). The van der Waals surface area contributed by atoms with Crippen molar-refractivity contribution in [1.29, 1.82) is 0 Å². The van der Waals surface area contributed by atoms with E-state index in [1.54, 1.807) is 11.8 Å². The molecule has 3 heterocycles. The van der Waals surface area contributed by atoms with Crippen molar-refractivity contribution in [2.45, 2.75) is 22.1 Å². The highest BCUT2D eigenvalue weighted by atomic mass is 32.2.